The van der Waals surface area contributed by atoms with Crippen molar-refractivity contribution in [1.82, 2.24) is 4.98 Å². The minimum atomic E-state index is -0.130. The van der Waals surface area contributed by atoms with Gasteiger partial charge in [0.25, 0.3) is 0 Å². The van der Waals surface area contributed by atoms with Gasteiger partial charge in [-0.05, 0) is 48.7 Å². The Bertz CT molecular complexity index is 628. The van der Waals surface area contributed by atoms with E-state index in [-0.39, 0.29) is 5.91 Å². The molecule has 0 radical (unpaired) electrons. The van der Waals surface area contributed by atoms with Crippen molar-refractivity contribution in [2.24, 2.45) is 0 Å². The number of amides is 1. The summed E-state index contributed by atoms with van der Waals surface area (Å²) >= 11 is 0. The Morgan fingerprint density at radius 1 is 1.05 bits per heavy atom. The minimum absolute atomic E-state index is 0.130. The van der Waals surface area contributed by atoms with E-state index in [1.807, 2.05) is 55.5 Å². The first-order chi connectivity index (χ1) is 10.3. The molecule has 2 rings (SSSR count). The van der Waals surface area contributed by atoms with E-state index in [0.717, 1.165) is 12.1 Å². The van der Waals surface area contributed by atoms with Gasteiger partial charge in [0.2, 0.25) is 5.91 Å². The van der Waals surface area contributed by atoms with Crippen LogP contribution in [-0.2, 0) is 11.2 Å². The number of hydrogen-bond acceptors (Lipinski definition) is 2. The molecule has 1 aromatic heterocycles. The van der Waals surface area contributed by atoms with Crippen LogP contribution in [-0.4, -0.2) is 10.9 Å². The van der Waals surface area contributed by atoms with Gasteiger partial charge in [-0.1, -0.05) is 30.4 Å². The standard InChI is InChI=1S/C18H18N2O/c1-2-3-4-5-18(21)20-17-8-6-15(7-9-17)14-16-10-12-19-13-11-16/h2-13H,14H2,1H3,(H,20,21)/b3-2+,5-4+. The van der Waals surface area contributed by atoms with Crippen molar-refractivity contribution in [3.05, 3.63) is 84.2 Å². The SMILES string of the molecule is C/C=C/C=C/C(=O)Nc1ccc(Cc2ccncc2)cc1. The van der Waals surface area contributed by atoms with Crippen LogP contribution in [0.15, 0.2) is 73.1 Å². The van der Waals surface area contributed by atoms with E-state index >= 15 is 0 Å². The van der Waals surface area contributed by atoms with Crippen LogP contribution < -0.4 is 5.32 Å². The number of anilines is 1. The van der Waals surface area contributed by atoms with Crippen molar-refractivity contribution in [3.63, 3.8) is 0 Å². The molecule has 0 unspecified atom stereocenters. The molecule has 106 valence electrons. The fraction of sp³-hybridized carbons (Fsp3) is 0.111. The van der Waals surface area contributed by atoms with Crippen LogP contribution in [0.25, 0.3) is 0 Å². The summed E-state index contributed by atoms with van der Waals surface area (Å²) in [6, 6.07) is 11.9. The maximum absolute atomic E-state index is 11.6. The van der Waals surface area contributed by atoms with E-state index in [0.29, 0.717) is 0 Å². The summed E-state index contributed by atoms with van der Waals surface area (Å²) in [4.78, 5) is 15.6. The number of pyridine rings is 1. The molecule has 21 heavy (non-hydrogen) atoms. The zero-order chi connectivity index (χ0) is 14.9. The number of allylic oxidation sites excluding steroid dienone is 3. The van der Waals surface area contributed by atoms with Gasteiger partial charge < -0.3 is 5.32 Å². The maximum atomic E-state index is 11.6. The fourth-order valence-corrected chi connectivity index (χ4v) is 1.88. The summed E-state index contributed by atoms with van der Waals surface area (Å²) in [6.45, 7) is 1.91. The van der Waals surface area contributed by atoms with Crippen LogP contribution in [0.1, 0.15) is 18.1 Å². The Kier molecular flexibility index (Phi) is 5.47. The van der Waals surface area contributed by atoms with Gasteiger partial charge in [0.15, 0.2) is 0 Å². The third-order valence-corrected chi connectivity index (χ3v) is 2.93. The fourth-order valence-electron chi connectivity index (χ4n) is 1.88. The van der Waals surface area contributed by atoms with Gasteiger partial charge in [0, 0.05) is 24.2 Å². The zero-order valence-electron chi connectivity index (χ0n) is 12.0. The van der Waals surface area contributed by atoms with Gasteiger partial charge in [-0.15, -0.1) is 0 Å². The summed E-state index contributed by atoms with van der Waals surface area (Å²) in [5.41, 5.74) is 3.21. The van der Waals surface area contributed by atoms with E-state index in [9.17, 15) is 4.79 Å². The number of benzene rings is 1. The second-order valence-electron chi connectivity index (χ2n) is 4.60. The zero-order valence-corrected chi connectivity index (χ0v) is 12.0. The van der Waals surface area contributed by atoms with Crippen molar-refractivity contribution >= 4 is 11.6 Å². The first-order valence-electron chi connectivity index (χ1n) is 6.86. The van der Waals surface area contributed by atoms with Crippen LogP contribution >= 0.6 is 0 Å². The first-order valence-corrected chi connectivity index (χ1v) is 6.86. The molecule has 1 heterocycles. The monoisotopic (exact) mass is 278 g/mol. The minimum Gasteiger partial charge on any atom is -0.323 e. The van der Waals surface area contributed by atoms with E-state index < -0.39 is 0 Å². The van der Waals surface area contributed by atoms with Crippen molar-refractivity contribution in [3.8, 4) is 0 Å². The molecular weight excluding hydrogens is 260 g/mol. The van der Waals surface area contributed by atoms with Gasteiger partial charge in [0.05, 0.1) is 0 Å². The highest BCUT2D eigenvalue weighted by Gasteiger charge is 1.99. The molecule has 0 aliphatic carbocycles. The number of nitrogens with one attached hydrogen (secondary N) is 1. The molecule has 1 N–H and O–H groups in total. The highest BCUT2D eigenvalue weighted by atomic mass is 16.1. The number of aromatic nitrogens is 1. The predicted molar refractivity (Wildman–Crippen MR) is 86.1 cm³/mol. The summed E-state index contributed by atoms with van der Waals surface area (Å²) in [7, 11) is 0. The van der Waals surface area contributed by atoms with Crippen LogP contribution in [0.5, 0.6) is 0 Å². The van der Waals surface area contributed by atoms with Gasteiger partial charge in [-0.2, -0.15) is 0 Å². The van der Waals surface area contributed by atoms with Crippen molar-refractivity contribution in [2.45, 2.75) is 13.3 Å². The Balaban J connectivity index is 1.94. The molecule has 0 saturated carbocycles. The second kappa shape index (κ2) is 7.80. The Morgan fingerprint density at radius 3 is 2.38 bits per heavy atom. The Labute approximate surface area is 125 Å². The molecular formula is C18H18N2O. The third kappa shape index (κ3) is 5.07. The summed E-state index contributed by atoms with van der Waals surface area (Å²) in [5, 5.41) is 2.82. The van der Waals surface area contributed by atoms with Crippen molar-refractivity contribution in [1.29, 1.82) is 0 Å². The normalized spacial score (nSPS) is 11.1. The lowest BCUT2D eigenvalue weighted by Gasteiger charge is -2.05. The molecule has 0 aliphatic heterocycles. The maximum Gasteiger partial charge on any atom is 0.248 e. The molecule has 0 atom stereocenters. The Morgan fingerprint density at radius 2 is 1.71 bits per heavy atom. The highest BCUT2D eigenvalue weighted by Crippen LogP contribution is 2.13. The average Bonchev–Trinajstić information content (AvgIpc) is 2.51. The third-order valence-electron chi connectivity index (χ3n) is 2.93. The second-order valence-corrected chi connectivity index (χ2v) is 4.60. The van der Waals surface area contributed by atoms with E-state index in [2.05, 4.69) is 10.3 Å². The molecule has 2 aromatic rings. The smallest absolute Gasteiger partial charge is 0.248 e. The average molecular weight is 278 g/mol. The molecule has 0 saturated heterocycles. The molecule has 1 aromatic carbocycles. The summed E-state index contributed by atoms with van der Waals surface area (Å²) in [5.74, 6) is -0.130. The summed E-state index contributed by atoms with van der Waals surface area (Å²) < 4.78 is 0. The number of carbonyl (C=O) groups excluding carboxylic acids is 1. The quantitative estimate of drug-likeness (QED) is 0.668. The molecule has 1 amide bonds. The largest absolute Gasteiger partial charge is 0.323 e. The lowest BCUT2D eigenvalue weighted by atomic mass is 10.1. The van der Waals surface area contributed by atoms with Crippen LogP contribution in [0, 0.1) is 0 Å². The van der Waals surface area contributed by atoms with Crippen molar-refractivity contribution in [2.75, 3.05) is 5.32 Å². The molecule has 0 spiro atoms. The molecule has 0 fully saturated rings. The van der Waals surface area contributed by atoms with Crippen molar-refractivity contribution < 1.29 is 4.79 Å². The number of rotatable bonds is 5. The van der Waals surface area contributed by atoms with Gasteiger partial charge in [0.1, 0.15) is 0 Å². The van der Waals surface area contributed by atoms with E-state index in [4.69, 9.17) is 0 Å². The molecule has 3 nitrogen and oxygen atoms in total. The summed E-state index contributed by atoms with van der Waals surface area (Å²) in [6.07, 6.45) is 11.4. The highest BCUT2D eigenvalue weighted by molar-refractivity contribution is 5.99. The van der Waals surface area contributed by atoms with E-state index in [1.165, 1.54) is 17.2 Å². The molecule has 3 heteroatoms. The topological polar surface area (TPSA) is 42.0 Å². The van der Waals surface area contributed by atoms with Crippen LogP contribution in [0.2, 0.25) is 0 Å². The number of hydrogen-bond donors (Lipinski definition) is 1. The number of nitrogens with zero attached hydrogens (tertiary/aromatic N) is 1. The molecule has 0 aliphatic rings. The van der Waals surface area contributed by atoms with Crippen LogP contribution in [0.4, 0.5) is 5.69 Å². The van der Waals surface area contributed by atoms with Gasteiger partial charge >= 0.3 is 0 Å². The lowest BCUT2D eigenvalue weighted by molar-refractivity contribution is -0.111. The predicted octanol–water partition coefficient (Wildman–Crippen LogP) is 3.74. The van der Waals surface area contributed by atoms with Gasteiger partial charge in [-0.25, -0.2) is 0 Å². The Hall–Kier alpha value is -2.68. The lowest BCUT2D eigenvalue weighted by Crippen LogP contribution is -2.07. The molecule has 0 bridgehead atoms. The van der Waals surface area contributed by atoms with Gasteiger partial charge in [-0.3, -0.25) is 9.78 Å². The van der Waals surface area contributed by atoms with E-state index in [1.54, 1.807) is 18.5 Å². The number of carbonyl (C=O) groups is 1. The van der Waals surface area contributed by atoms with Crippen LogP contribution in [0.3, 0.4) is 0 Å². The first kappa shape index (κ1) is 14.7.